The minimum Gasteiger partial charge on any atom is -0.396 e. The summed E-state index contributed by atoms with van der Waals surface area (Å²) >= 11 is 0. The predicted molar refractivity (Wildman–Crippen MR) is 52.6 cm³/mol. The smallest absolute Gasteiger partial charge is 0.0562 e. The summed E-state index contributed by atoms with van der Waals surface area (Å²) in [4.78, 5) is 0. The molecular weight excluding hydrogens is 346 g/mol. The molecule has 5 heteroatoms. The van der Waals surface area contributed by atoms with Crippen LogP contribution in [0.15, 0.2) is 0 Å². The molecule has 0 aromatic carbocycles. The summed E-state index contributed by atoms with van der Waals surface area (Å²) in [5.41, 5.74) is -0.406. The quantitative estimate of drug-likeness (QED) is 0.763. The predicted octanol–water partition coefficient (Wildman–Crippen LogP) is 1.03. The van der Waals surface area contributed by atoms with Gasteiger partial charge in [0.05, 0.1) is 19.8 Å². The van der Waals surface area contributed by atoms with Crippen LogP contribution in [0.25, 0.3) is 0 Å². The van der Waals surface area contributed by atoms with Crippen molar-refractivity contribution in [2.45, 2.75) is 27.2 Å². The molecule has 0 heterocycles. The molecule has 86 valence electrons. The molecule has 0 saturated carbocycles. The van der Waals surface area contributed by atoms with E-state index in [1.807, 2.05) is 0 Å². The molecule has 0 aromatic heterocycles. The van der Waals surface area contributed by atoms with Gasteiger partial charge in [0.15, 0.2) is 0 Å². The zero-order chi connectivity index (χ0) is 10.5. The molecule has 2 radical (unpaired) electrons. The normalized spacial score (nSPS) is 11.6. The van der Waals surface area contributed by atoms with Crippen LogP contribution in [0.1, 0.15) is 27.2 Å². The van der Waals surface area contributed by atoms with Crippen molar-refractivity contribution in [1.82, 2.24) is 0 Å². The Kier molecular flexibility index (Phi) is 14.9. The van der Waals surface area contributed by atoms with E-state index in [9.17, 15) is 10.2 Å². The number of hydrogen-bond acceptors (Lipinski definition) is 3. The molecule has 0 saturated heterocycles. The van der Waals surface area contributed by atoms with Gasteiger partial charge in [0.1, 0.15) is 0 Å². The fraction of sp³-hybridized carbons (Fsp3) is 1.00. The van der Waals surface area contributed by atoms with Crippen LogP contribution in [0.5, 0.6) is 0 Å². The van der Waals surface area contributed by atoms with E-state index >= 15 is 0 Å². The largest absolute Gasteiger partial charge is 0.396 e. The van der Waals surface area contributed by atoms with Crippen molar-refractivity contribution in [3.63, 3.8) is 0 Å². The molecule has 0 spiro atoms. The van der Waals surface area contributed by atoms with Gasteiger partial charge in [-0.25, -0.2) is 0 Å². The first-order valence-electron chi connectivity index (χ1n) is 4.60. The minimum atomic E-state index is -0.493. The summed E-state index contributed by atoms with van der Waals surface area (Å²) in [5.74, 6) is 0. The van der Waals surface area contributed by atoms with Crippen LogP contribution in [0.2, 0.25) is 0 Å². The van der Waals surface area contributed by atoms with E-state index in [-0.39, 0.29) is 84.0 Å². The third kappa shape index (κ3) is 9.76. The Hall–Kier alpha value is 2.09. The molecule has 0 fully saturated rings. The number of hydrogen-bond donors (Lipinski definition) is 2. The molecule has 2 N–H and O–H groups in total. The fourth-order valence-electron chi connectivity index (χ4n) is 1.74. The Morgan fingerprint density at radius 2 is 1.40 bits per heavy atom. The van der Waals surface area contributed by atoms with E-state index in [1.165, 1.54) is 0 Å². The first-order valence-corrected chi connectivity index (χ1v) is 4.60. The molecule has 3 nitrogen and oxygen atoms in total. The standard InChI is InChI=1S/C10H22O3.2Y/c1-9(2,3)5-10(6-11,7-12)8-13-4;;/h11-12H,5-8H2,1-4H3;;. The first-order chi connectivity index (χ1) is 5.89. The summed E-state index contributed by atoms with van der Waals surface area (Å²) in [5, 5.41) is 18.5. The summed E-state index contributed by atoms with van der Waals surface area (Å²) in [6, 6.07) is 0. The Balaban J connectivity index is -0.000000720. The number of ether oxygens (including phenoxy) is 1. The second-order valence-electron chi connectivity index (χ2n) is 4.99. The van der Waals surface area contributed by atoms with Gasteiger partial charge in [-0.3, -0.25) is 0 Å². The van der Waals surface area contributed by atoms with Gasteiger partial charge in [-0.15, -0.1) is 0 Å². The van der Waals surface area contributed by atoms with Crippen LogP contribution >= 0.6 is 0 Å². The molecule has 15 heavy (non-hydrogen) atoms. The van der Waals surface area contributed by atoms with Gasteiger partial charge in [-0.1, -0.05) is 20.8 Å². The van der Waals surface area contributed by atoms with Gasteiger partial charge in [-0.05, 0) is 11.8 Å². The molecule has 0 aliphatic carbocycles. The van der Waals surface area contributed by atoms with E-state index in [4.69, 9.17) is 4.74 Å². The number of methoxy groups -OCH3 is 1. The SMILES string of the molecule is COCC(CO)(CO)CC(C)(C)C.[Y].[Y]. The summed E-state index contributed by atoms with van der Waals surface area (Å²) in [6.45, 7) is 6.59. The molecule has 0 bridgehead atoms. The Bertz CT molecular complexity index is 142. The third-order valence-corrected chi connectivity index (χ3v) is 2.03. The van der Waals surface area contributed by atoms with Crippen molar-refractivity contribution in [2.24, 2.45) is 10.8 Å². The second kappa shape index (κ2) is 10.1. The van der Waals surface area contributed by atoms with Crippen molar-refractivity contribution in [3.05, 3.63) is 0 Å². The molecule has 0 aliphatic heterocycles. The topological polar surface area (TPSA) is 49.7 Å². The van der Waals surface area contributed by atoms with E-state index in [2.05, 4.69) is 20.8 Å². The summed E-state index contributed by atoms with van der Waals surface area (Å²) in [7, 11) is 1.59. The summed E-state index contributed by atoms with van der Waals surface area (Å²) < 4.78 is 5.02. The molecule has 0 atom stereocenters. The maximum atomic E-state index is 9.23. The Morgan fingerprint density at radius 1 is 1.00 bits per heavy atom. The molecule has 0 aromatic rings. The molecule has 0 amide bonds. The van der Waals surface area contributed by atoms with Crippen molar-refractivity contribution >= 4 is 0 Å². The van der Waals surface area contributed by atoms with E-state index in [0.29, 0.717) is 6.61 Å². The van der Waals surface area contributed by atoms with Gasteiger partial charge in [-0.2, -0.15) is 0 Å². The van der Waals surface area contributed by atoms with Crippen molar-refractivity contribution in [3.8, 4) is 0 Å². The summed E-state index contributed by atoms with van der Waals surface area (Å²) in [6.07, 6.45) is 0.751. The fourth-order valence-corrected chi connectivity index (χ4v) is 1.74. The van der Waals surface area contributed by atoms with E-state index in [1.54, 1.807) is 7.11 Å². The molecule has 0 aliphatic rings. The zero-order valence-corrected chi connectivity index (χ0v) is 16.0. The van der Waals surface area contributed by atoms with E-state index in [0.717, 1.165) is 6.42 Å². The number of rotatable bonds is 5. The molecular formula is C10H22O3Y2. The second-order valence-corrected chi connectivity index (χ2v) is 4.99. The van der Waals surface area contributed by atoms with Crippen LogP contribution in [-0.4, -0.2) is 37.1 Å². The monoisotopic (exact) mass is 368 g/mol. The van der Waals surface area contributed by atoms with Crippen LogP contribution in [-0.2, 0) is 70.2 Å². The van der Waals surface area contributed by atoms with Gasteiger partial charge >= 0.3 is 0 Å². The van der Waals surface area contributed by atoms with Crippen molar-refractivity contribution in [1.29, 1.82) is 0 Å². The van der Waals surface area contributed by atoms with Crippen molar-refractivity contribution in [2.75, 3.05) is 26.9 Å². The first kappa shape index (κ1) is 22.3. The number of aliphatic hydroxyl groups excluding tert-OH is 2. The zero-order valence-electron chi connectivity index (χ0n) is 10.3. The molecule has 0 rings (SSSR count). The van der Waals surface area contributed by atoms with Gasteiger partial charge < -0.3 is 14.9 Å². The van der Waals surface area contributed by atoms with Crippen LogP contribution in [0.4, 0.5) is 0 Å². The van der Waals surface area contributed by atoms with Gasteiger partial charge in [0, 0.05) is 77.9 Å². The van der Waals surface area contributed by atoms with Crippen molar-refractivity contribution < 1.29 is 80.4 Å². The Morgan fingerprint density at radius 3 is 1.60 bits per heavy atom. The van der Waals surface area contributed by atoms with Crippen LogP contribution in [0.3, 0.4) is 0 Å². The minimum absolute atomic E-state index is 0. The maximum absolute atomic E-state index is 9.23. The van der Waals surface area contributed by atoms with Crippen LogP contribution < -0.4 is 0 Å². The van der Waals surface area contributed by atoms with Gasteiger partial charge in [0.25, 0.3) is 0 Å². The molecule has 0 unspecified atom stereocenters. The average Bonchev–Trinajstić information content (AvgIpc) is 2.01. The van der Waals surface area contributed by atoms with E-state index < -0.39 is 5.41 Å². The Labute approximate surface area is 143 Å². The third-order valence-electron chi connectivity index (χ3n) is 2.03. The van der Waals surface area contributed by atoms with Gasteiger partial charge in [0.2, 0.25) is 0 Å². The maximum Gasteiger partial charge on any atom is 0.0562 e. The van der Waals surface area contributed by atoms with Crippen LogP contribution in [0, 0.1) is 10.8 Å². The number of aliphatic hydroxyl groups is 2. The average molecular weight is 368 g/mol.